The van der Waals surface area contributed by atoms with Crippen LogP contribution in [0.2, 0.25) is 5.02 Å². The molecule has 1 amide bonds. The maximum atomic E-state index is 11.7. The molecule has 1 aliphatic rings. The van der Waals surface area contributed by atoms with E-state index in [9.17, 15) is 4.79 Å². The Morgan fingerprint density at radius 2 is 2.22 bits per heavy atom. The second-order valence-corrected chi connectivity index (χ2v) is 5.20. The summed E-state index contributed by atoms with van der Waals surface area (Å²) in [6.07, 6.45) is 0. The van der Waals surface area contributed by atoms with Gasteiger partial charge in [-0.25, -0.2) is 0 Å². The first-order valence-corrected chi connectivity index (χ1v) is 6.40. The Balaban J connectivity index is 2.33. The molecule has 0 bridgehead atoms. The number of rotatable bonds is 2. The van der Waals surface area contributed by atoms with Crippen molar-refractivity contribution < 1.29 is 4.79 Å². The number of nitrogens with one attached hydrogen (secondary N) is 1. The van der Waals surface area contributed by atoms with E-state index < -0.39 is 0 Å². The summed E-state index contributed by atoms with van der Waals surface area (Å²) in [5.41, 5.74) is 8.78. The normalized spacial score (nSPS) is 19.9. The van der Waals surface area contributed by atoms with Gasteiger partial charge in [0.25, 0.3) is 0 Å². The molecule has 4 nitrogen and oxygen atoms in total. The molecule has 0 radical (unpaired) electrons. The van der Waals surface area contributed by atoms with Crippen LogP contribution < -0.4 is 16.0 Å². The van der Waals surface area contributed by atoms with Crippen molar-refractivity contribution in [1.29, 1.82) is 0 Å². The van der Waals surface area contributed by atoms with Crippen LogP contribution >= 0.6 is 11.6 Å². The number of amides is 1. The molecule has 0 aliphatic carbocycles. The Morgan fingerprint density at radius 1 is 1.50 bits per heavy atom. The standard InChI is InChI=1S/C13H18ClN3O/c1-8-3-9(2)13(11(14)4-8)17-6-10(5-15)16-12(18)7-17/h3-4,10H,5-7,15H2,1-2H3,(H,16,18). The van der Waals surface area contributed by atoms with Gasteiger partial charge in [0.2, 0.25) is 5.91 Å². The quantitative estimate of drug-likeness (QED) is 0.847. The molecule has 0 spiro atoms. The molecule has 0 saturated carbocycles. The molecule has 1 aliphatic heterocycles. The number of benzene rings is 1. The molecule has 5 heteroatoms. The van der Waals surface area contributed by atoms with Crippen LogP contribution in [0.25, 0.3) is 0 Å². The summed E-state index contributed by atoms with van der Waals surface area (Å²) >= 11 is 6.30. The fraction of sp³-hybridized carbons (Fsp3) is 0.462. The summed E-state index contributed by atoms with van der Waals surface area (Å²) in [4.78, 5) is 13.7. The number of hydrogen-bond acceptors (Lipinski definition) is 3. The highest BCUT2D eigenvalue weighted by atomic mass is 35.5. The molecule has 1 saturated heterocycles. The summed E-state index contributed by atoms with van der Waals surface area (Å²) in [5, 5.41) is 3.56. The van der Waals surface area contributed by atoms with E-state index in [-0.39, 0.29) is 11.9 Å². The van der Waals surface area contributed by atoms with Gasteiger partial charge in [-0.05, 0) is 31.0 Å². The van der Waals surface area contributed by atoms with Crippen molar-refractivity contribution in [3.05, 3.63) is 28.3 Å². The van der Waals surface area contributed by atoms with Crippen molar-refractivity contribution in [2.24, 2.45) is 5.73 Å². The van der Waals surface area contributed by atoms with Crippen molar-refractivity contribution in [2.75, 3.05) is 24.5 Å². The van der Waals surface area contributed by atoms with Crippen molar-refractivity contribution in [3.8, 4) is 0 Å². The number of nitrogens with two attached hydrogens (primary N) is 1. The van der Waals surface area contributed by atoms with Crippen LogP contribution in [0.3, 0.4) is 0 Å². The van der Waals surface area contributed by atoms with Gasteiger partial charge in [0.1, 0.15) is 0 Å². The Hall–Kier alpha value is -1.26. The Bertz CT molecular complexity index is 452. The van der Waals surface area contributed by atoms with E-state index in [0.29, 0.717) is 24.7 Å². The molecule has 3 N–H and O–H groups in total. The van der Waals surface area contributed by atoms with Crippen molar-refractivity contribution in [1.82, 2.24) is 5.32 Å². The number of hydrogen-bond donors (Lipinski definition) is 2. The molecule has 98 valence electrons. The van der Waals surface area contributed by atoms with Crippen LogP contribution in [0.4, 0.5) is 5.69 Å². The van der Waals surface area contributed by atoms with E-state index in [1.807, 2.05) is 24.8 Å². The fourth-order valence-corrected chi connectivity index (χ4v) is 2.88. The topological polar surface area (TPSA) is 58.4 Å². The van der Waals surface area contributed by atoms with E-state index in [1.165, 1.54) is 0 Å². The second-order valence-electron chi connectivity index (χ2n) is 4.79. The van der Waals surface area contributed by atoms with Crippen molar-refractivity contribution >= 4 is 23.2 Å². The predicted octanol–water partition coefficient (Wildman–Crippen LogP) is 1.22. The van der Waals surface area contributed by atoms with Crippen LogP contribution in [0.5, 0.6) is 0 Å². The summed E-state index contributed by atoms with van der Waals surface area (Å²) < 4.78 is 0. The molecule has 2 rings (SSSR count). The summed E-state index contributed by atoms with van der Waals surface area (Å²) in [6.45, 7) is 5.49. The van der Waals surface area contributed by atoms with E-state index in [4.69, 9.17) is 17.3 Å². The molecule has 1 fully saturated rings. The van der Waals surface area contributed by atoms with Crippen LogP contribution in [-0.4, -0.2) is 31.6 Å². The van der Waals surface area contributed by atoms with Gasteiger partial charge in [-0.2, -0.15) is 0 Å². The van der Waals surface area contributed by atoms with Crippen molar-refractivity contribution in [3.63, 3.8) is 0 Å². The van der Waals surface area contributed by atoms with Crippen LogP contribution in [-0.2, 0) is 4.79 Å². The van der Waals surface area contributed by atoms with Gasteiger partial charge in [0, 0.05) is 13.1 Å². The van der Waals surface area contributed by atoms with Crippen LogP contribution in [0.1, 0.15) is 11.1 Å². The first kappa shape index (κ1) is 13.2. The molecule has 1 heterocycles. The highest BCUT2D eigenvalue weighted by Crippen LogP contribution is 2.31. The molecule has 0 aromatic heterocycles. The number of carbonyl (C=O) groups is 1. The van der Waals surface area contributed by atoms with Crippen LogP contribution in [0.15, 0.2) is 12.1 Å². The molecular formula is C13H18ClN3O. The zero-order valence-electron chi connectivity index (χ0n) is 10.7. The summed E-state index contributed by atoms with van der Waals surface area (Å²) in [5.74, 6) is -0.00672. The predicted molar refractivity (Wildman–Crippen MR) is 74.1 cm³/mol. The second kappa shape index (κ2) is 5.16. The number of anilines is 1. The first-order chi connectivity index (χ1) is 8.51. The van der Waals surface area contributed by atoms with Gasteiger partial charge in [-0.1, -0.05) is 17.7 Å². The van der Waals surface area contributed by atoms with E-state index in [1.54, 1.807) is 0 Å². The van der Waals surface area contributed by atoms with Gasteiger partial charge >= 0.3 is 0 Å². The molecular weight excluding hydrogens is 250 g/mol. The van der Waals surface area contributed by atoms with Crippen molar-refractivity contribution in [2.45, 2.75) is 19.9 Å². The Labute approximate surface area is 112 Å². The van der Waals surface area contributed by atoms with E-state index >= 15 is 0 Å². The molecule has 1 aromatic carbocycles. The van der Waals surface area contributed by atoms with Gasteiger partial charge in [-0.3, -0.25) is 4.79 Å². The molecule has 1 atom stereocenters. The monoisotopic (exact) mass is 267 g/mol. The minimum atomic E-state index is -0.0111. The third-order valence-corrected chi connectivity index (χ3v) is 3.43. The Kier molecular flexibility index (Phi) is 3.78. The summed E-state index contributed by atoms with van der Waals surface area (Å²) in [7, 11) is 0. The highest BCUT2D eigenvalue weighted by molar-refractivity contribution is 6.33. The molecule has 18 heavy (non-hydrogen) atoms. The number of aryl methyl sites for hydroxylation is 2. The van der Waals surface area contributed by atoms with E-state index in [0.717, 1.165) is 16.8 Å². The van der Waals surface area contributed by atoms with Gasteiger partial charge in [0.05, 0.1) is 23.3 Å². The number of halogens is 1. The minimum absolute atomic E-state index is 0.00672. The fourth-order valence-electron chi connectivity index (χ4n) is 2.44. The number of piperazine rings is 1. The third-order valence-electron chi connectivity index (χ3n) is 3.14. The van der Waals surface area contributed by atoms with Gasteiger partial charge in [-0.15, -0.1) is 0 Å². The third kappa shape index (κ3) is 2.60. The zero-order valence-corrected chi connectivity index (χ0v) is 11.4. The maximum absolute atomic E-state index is 11.7. The Morgan fingerprint density at radius 3 is 2.83 bits per heavy atom. The average molecular weight is 268 g/mol. The average Bonchev–Trinajstić information content (AvgIpc) is 2.26. The summed E-state index contributed by atoms with van der Waals surface area (Å²) in [6, 6.07) is 3.99. The van der Waals surface area contributed by atoms with Crippen LogP contribution in [0, 0.1) is 13.8 Å². The number of carbonyl (C=O) groups excluding carboxylic acids is 1. The lowest BCUT2D eigenvalue weighted by atomic mass is 10.1. The lowest BCUT2D eigenvalue weighted by molar-refractivity contribution is -0.121. The molecule has 1 unspecified atom stereocenters. The van der Waals surface area contributed by atoms with Gasteiger partial charge < -0.3 is 16.0 Å². The first-order valence-electron chi connectivity index (χ1n) is 6.02. The van der Waals surface area contributed by atoms with E-state index in [2.05, 4.69) is 11.4 Å². The smallest absolute Gasteiger partial charge is 0.239 e. The number of nitrogens with zero attached hydrogens (tertiary/aromatic N) is 1. The largest absolute Gasteiger partial charge is 0.359 e. The maximum Gasteiger partial charge on any atom is 0.239 e. The zero-order chi connectivity index (χ0) is 13.3. The lowest BCUT2D eigenvalue weighted by Crippen LogP contribution is -2.57. The van der Waals surface area contributed by atoms with Gasteiger partial charge in [0.15, 0.2) is 0 Å². The lowest BCUT2D eigenvalue weighted by Gasteiger charge is -2.35. The molecule has 1 aromatic rings. The SMILES string of the molecule is Cc1cc(C)c(N2CC(=O)NC(CN)C2)c(Cl)c1. The highest BCUT2D eigenvalue weighted by Gasteiger charge is 2.26. The minimum Gasteiger partial charge on any atom is -0.359 e.